The van der Waals surface area contributed by atoms with Crippen LogP contribution in [-0.4, -0.2) is 11.0 Å². The SMILES string of the molecule is OC(CCl)(Cc1cccc(Cl)c1)c1cc(F)ccc1F. The Hall–Kier alpha value is -1.16. The van der Waals surface area contributed by atoms with Crippen LogP contribution in [0.1, 0.15) is 11.1 Å². The fourth-order valence-electron chi connectivity index (χ4n) is 2.05. The molecule has 0 saturated heterocycles. The van der Waals surface area contributed by atoms with Crippen LogP contribution < -0.4 is 0 Å². The number of aliphatic hydroxyl groups is 1. The van der Waals surface area contributed by atoms with Gasteiger partial charge in [-0.3, -0.25) is 0 Å². The monoisotopic (exact) mass is 316 g/mol. The first-order valence-electron chi connectivity index (χ1n) is 5.93. The van der Waals surface area contributed by atoms with Crippen LogP contribution >= 0.6 is 23.2 Å². The predicted octanol–water partition coefficient (Wildman–Crippen LogP) is 4.29. The van der Waals surface area contributed by atoms with Gasteiger partial charge in [0.1, 0.15) is 17.2 Å². The van der Waals surface area contributed by atoms with Gasteiger partial charge in [-0.2, -0.15) is 0 Å². The van der Waals surface area contributed by atoms with Crippen molar-refractivity contribution in [1.29, 1.82) is 0 Å². The van der Waals surface area contributed by atoms with Gasteiger partial charge in [-0.15, -0.1) is 11.6 Å². The van der Waals surface area contributed by atoms with Gasteiger partial charge in [0.2, 0.25) is 0 Å². The quantitative estimate of drug-likeness (QED) is 0.834. The summed E-state index contributed by atoms with van der Waals surface area (Å²) in [5.74, 6) is -1.59. The lowest BCUT2D eigenvalue weighted by Crippen LogP contribution is -2.32. The molecule has 0 amide bonds. The molecule has 106 valence electrons. The summed E-state index contributed by atoms with van der Waals surface area (Å²) in [6.07, 6.45) is 0.0391. The molecule has 0 fully saturated rings. The Balaban J connectivity index is 2.40. The summed E-state index contributed by atoms with van der Waals surface area (Å²) >= 11 is 11.7. The molecule has 20 heavy (non-hydrogen) atoms. The fourth-order valence-corrected chi connectivity index (χ4v) is 2.50. The molecule has 0 bridgehead atoms. The first-order valence-corrected chi connectivity index (χ1v) is 6.84. The Morgan fingerprint density at radius 1 is 1.10 bits per heavy atom. The Bertz CT molecular complexity index is 619. The minimum absolute atomic E-state index is 0.0391. The third kappa shape index (κ3) is 3.29. The van der Waals surface area contributed by atoms with Gasteiger partial charge in [-0.25, -0.2) is 8.78 Å². The summed E-state index contributed by atoms with van der Waals surface area (Å²) in [6.45, 7) is 0. The second-order valence-electron chi connectivity index (χ2n) is 4.60. The summed E-state index contributed by atoms with van der Waals surface area (Å²) in [6, 6.07) is 9.72. The van der Waals surface area contributed by atoms with Gasteiger partial charge >= 0.3 is 0 Å². The van der Waals surface area contributed by atoms with Crippen LogP contribution in [-0.2, 0) is 12.0 Å². The van der Waals surface area contributed by atoms with Crippen molar-refractivity contribution in [3.05, 3.63) is 70.2 Å². The van der Waals surface area contributed by atoms with Crippen molar-refractivity contribution in [2.75, 3.05) is 5.88 Å². The van der Waals surface area contributed by atoms with E-state index < -0.39 is 17.2 Å². The molecule has 5 heteroatoms. The van der Waals surface area contributed by atoms with Gasteiger partial charge in [0.05, 0.1) is 5.88 Å². The van der Waals surface area contributed by atoms with Gasteiger partial charge in [-0.1, -0.05) is 23.7 Å². The second kappa shape index (κ2) is 6.08. The Kier molecular flexibility index (Phi) is 4.63. The van der Waals surface area contributed by atoms with Gasteiger partial charge in [-0.05, 0) is 35.9 Å². The molecule has 1 atom stereocenters. The molecule has 1 unspecified atom stereocenters. The molecule has 0 aliphatic carbocycles. The summed E-state index contributed by atoms with van der Waals surface area (Å²) in [5, 5.41) is 11.1. The van der Waals surface area contributed by atoms with Crippen LogP contribution in [0.2, 0.25) is 5.02 Å². The highest BCUT2D eigenvalue weighted by molar-refractivity contribution is 6.30. The van der Waals surface area contributed by atoms with Crippen molar-refractivity contribution in [3.8, 4) is 0 Å². The fraction of sp³-hybridized carbons (Fsp3) is 0.200. The van der Waals surface area contributed by atoms with Crippen LogP contribution in [0.4, 0.5) is 8.78 Å². The molecule has 0 aliphatic heterocycles. The summed E-state index contributed by atoms with van der Waals surface area (Å²) in [5.41, 5.74) is -1.17. The zero-order valence-corrected chi connectivity index (χ0v) is 11.9. The van der Waals surface area contributed by atoms with E-state index >= 15 is 0 Å². The third-order valence-electron chi connectivity index (χ3n) is 3.04. The molecule has 2 aromatic rings. The van der Waals surface area contributed by atoms with Gasteiger partial charge in [0.15, 0.2) is 0 Å². The number of hydrogen-bond donors (Lipinski definition) is 1. The zero-order valence-electron chi connectivity index (χ0n) is 10.4. The van der Waals surface area contributed by atoms with E-state index in [4.69, 9.17) is 23.2 Å². The lowest BCUT2D eigenvalue weighted by molar-refractivity contribution is 0.0572. The van der Waals surface area contributed by atoms with E-state index in [9.17, 15) is 13.9 Å². The van der Waals surface area contributed by atoms with Crippen molar-refractivity contribution < 1.29 is 13.9 Å². The van der Waals surface area contributed by atoms with Crippen molar-refractivity contribution in [2.24, 2.45) is 0 Å². The maximum Gasteiger partial charge on any atom is 0.129 e. The number of benzene rings is 2. The van der Waals surface area contributed by atoms with Crippen LogP contribution in [0.3, 0.4) is 0 Å². The molecular weight excluding hydrogens is 305 g/mol. The van der Waals surface area contributed by atoms with E-state index in [1.54, 1.807) is 24.3 Å². The van der Waals surface area contributed by atoms with E-state index in [0.717, 1.165) is 18.2 Å². The molecule has 0 radical (unpaired) electrons. The van der Waals surface area contributed by atoms with Crippen LogP contribution in [0.25, 0.3) is 0 Å². The van der Waals surface area contributed by atoms with Crippen LogP contribution in [0, 0.1) is 11.6 Å². The molecule has 2 aromatic carbocycles. The molecule has 0 heterocycles. The first-order chi connectivity index (χ1) is 9.44. The van der Waals surface area contributed by atoms with Crippen LogP contribution in [0.5, 0.6) is 0 Å². The van der Waals surface area contributed by atoms with E-state index in [1.807, 2.05) is 0 Å². The lowest BCUT2D eigenvalue weighted by Gasteiger charge is -2.27. The van der Waals surface area contributed by atoms with Crippen molar-refractivity contribution in [1.82, 2.24) is 0 Å². The molecule has 1 nitrogen and oxygen atoms in total. The van der Waals surface area contributed by atoms with E-state index in [2.05, 4.69) is 0 Å². The number of hydrogen-bond acceptors (Lipinski definition) is 1. The van der Waals surface area contributed by atoms with Gasteiger partial charge < -0.3 is 5.11 Å². The molecule has 0 saturated carbocycles. The van der Waals surface area contributed by atoms with Crippen molar-refractivity contribution >= 4 is 23.2 Å². The zero-order chi connectivity index (χ0) is 14.8. The topological polar surface area (TPSA) is 20.2 Å². The second-order valence-corrected chi connectivity index (χ2v) is 5.30. The molecular formula is C15H12Cl2F2O. The number of alkyl halides is 1. The Labute approximate surface area is 125 Å². The summed E-state index contributed by atoms with van der Waals surface area (Å²) in [4.78, 5) is 0. The minimum Gasteiger partial charge on any atom is -0.383 e. The third-order valence-corrected chi connectivity index (χ3v) is 3.71. The average Bonchev–Trinajstić information content (AvgIpc) is 2.41. The highest BCUT2D eigenvalue weighted by atomic mass is 35.5. The highest BCUT2D eigenvalue weighted by Crippen LogP contribution is 2.30. The molecule has 0 aromatic heterocycles. The number of halogens is 4. The smallest absolute Gasteiger partial charge is 0.129 e. The maximum atomic E-state index is 13.8. The normalized spacial score (nSPS) is 14.1. The summed E-state index contributed by atoms with van der Waals surface area (Å²) < 4.78 is 27.1. The predicted molar refractivity (Wildman–Crippen MR) is 76.1 cm³/mol. The van der Waals surface area contributed by atoms with E-state index in [-0.39, 0.29) is 17.9 Å². The lowest BCUT2D eigenvalue weighted by atomic mass is 9.88. The van der Waals surface area contributed by atoms with Crippen LogP contribution in [0.15, 0.2) is 42.5 Å². The average molecular weight is 317 g/mol. The van der Waals surface area contributed by atoms with Gasteiger partial charge in [0.25, 0.3) is 0 Å². The van der Waals surface area contributed by atoms with Crippen molar-refractivity contribution in [3.63, 3.8) is 0 Å². The standard InChI is InChI=1S/C15H12Cl2F2O/c16-9-15(20,8-10-2-1-3-11(17)6-10)13-7-12(18)4-5-14(13)19/h1-7,20H,8-9H2. The first kappa shape index (κ1) is 15.2. The Morgan fingerprint density at radius 2 is 1.85 bits per heavy atom. The molecule has 0 aliphatic rings. The van der Waals surface area contributed by atoms with E-state index in [0.29, 0.717) is 10.6 Å². The largest absolute Gasteiger partial charge is 0.383 e. The summed E-state index contributed by atoms with van der Waals surface area (Å²) in [7, 11) is 0. The number of rotatable bonds is 4. The molecule has 1 N–H and O–H groups in total. The maximum absolute atomic E-state index is 13.8. The minimum atomic E-state index is -1.70. The van der Waals surface area contributed by atoms with Crippen molar-refractivity contribution in [2.45, 2.75) is 12.0 Å². The Morgan fingerprint density at radius 3 is 2.50 bits per heavy atom. The molecule has 2 rings (SSSR count). The highest BCUT2D eigenvalue weighted by Gasteiger charge is 2.32. The van der Waals surface area contributed by atoms with E-state index in [1.165, 1.54) is 0 Å². The van der Waals surface area contributed by atoms with Gasteiger partial charge in [0, 0.05) is 17.0 Å². The molecule has 0 spiro atoms.